The predicted molar refractivity (Wildman–Crippen MR) is 270 cm³/mol. The van der Waals surface area contributed by atoms with Crippen LogP contribution in [0.3, 0.4) is 0 Å². The summed E-state index contributed by atoms with van der Waals surface area (Å²) in [5.74, 6) is -0.701. The molecule has 0 aliphatic heterocycles. The van der Waals surface area contributed by atoms with E-state index < -0.39 is 34.6 Å². The second-order valence-electron chi connectivity index (χ2n) is 16.0. The van der Waals surface area contributed by atoms with Gasteiger partial charge in [-0.1, -0.05) is 73.3 Å². The Bertz CT molecular complexity index is 3290. The van der Waals surface area contributed by atoms with Crippen molar-refractivity contribution in [1.29, 1.82) is 10.5 Å². The number of hydrogen-bond acceptors (Lipinski definition) is 11. The fourth-order valence-electron chi connectivity index (χ4n) is 8.46. The van der Waals surface area contributed by atoms with Crippen LogP contribution in [0.15, 0.2) is 83.6 Å². The fourth-order valence-corrected chi connectivity index (χ4v) is 12.2. The number of hydrogen-bond donors (Lipinski definition) is 2. The first-order valence-corrected chi connectivity index (χ1v) is 25.3. The number of nitriles is 2. The van der Waals surface area contributed by atoms with E-state index in [1.807, 2.05) is 17.5 Å². The highest BCUT2D eigenvalue weighted by Crippen LogP contribution is 2.46. The molecule has 360 valence electrons. The molecule has 0 fully saturated rings. The quantitative estimate of drug-likeness (QED) is 0.0991. The highest BCUT2D eigenvalue weighted by Gasteiger charge is 2.32. The van der Waals surface area contributed by atoms with Gasteiger partial charge in [-0.2, -0.15) is 36.9 Å². The first kappa shape index (κ1) is 51.7. The average Bonchev–Trinajstić information content (AvgIpc) is 4.11. The van der Waals surface area contributed by atoms with Crippen molar-refractivity contribution in [2.24, 2.45) is 0 Å². The second kappa shape index (κ2) is 21.9. The van der Waals surface area contributed by atoms with Crippen molar-refractivity contribution >= 4 is 98.5 Å². The molecule has 6 aromatic heterocycles. The minimum atomic E-state index is -4.55. The van der Waals surface area contributed by atoms with Gasteiger partial charge in [-0.25, -0.2) is 9.97 Å². The van der Waals surface area contributed by atoms with E-state index in [-0.39, 0.29) is 18.6 Å². The summed E-state index contributed by atoms with van der Waals surface area (Å²) in [6.45, 7) is 0. The number of pyridine rings is 2. The molecule has 2 aromatic carbocycles. The molecule has 0 radical (unpaired) electrons. The zero-order valence-corrected chi connectivity index (χ0v) is 40.1. The molecule has 2 aliphatic rings. The molecule has 8 nitrogen and oxygen atoms in total. The third-order valence-electron chi connectivity index (χ3n) is 11.6. The number of amides is 1. The standard InChI is InChI=1S/C25H18F3N3OS2.C17H15N3S2.C8H4ClF3O.CH4/c26-25(27,28)15-7-4-6-14(12-15)22(32)31-23-17(13-29)21-20(19-10-5-11-33-19)16-8-2-1-3-9-18(16)30-24(21)34-23;18-9-11-15-14(13-7-4-8-21-13)10-5-2-1-3-6-12(10)20-17(15)22-16(11)19;9-7(13)5-2-1-3-6(4-5)8(10,11)12;/h4-7,10-12H,1-3,8-9H2,(H,31,32);4,7-8H,1-3,5-6,19H2;1-4H;1H4. The molecular weight excluding hydrogens is 1010 g/mol. The number of halogens is 7. The van der Waals surface area contributed by atoms with E-state index >= 15 is 0 Å². The van der Waals surface area contributed by atoms with E-state index in [0.717, 1.165) is 107 Å². The molecule has 0 spiro atoms. The third kappa shape index (κ3) is 11.1. The lowest BCUT2D eigenvalue weighted by atomic mass is 9.96. The van der Waals surface area contributed by atoms with Crippen molar-refractivity contribution in [3.63, 3.8) is 0 Å². The van der Waals surface area contributed by atoms with Crippen LogP contribution in [-0.2, 0) is 38.0 Å². The van der Waals surface area contributed by atoms with Crippen LogP contribution in [0.1, 0.15) is 111 Å². The Balaban J connectivity index is 0.000000171. The lowest BCUT2D eigenvalue weighted by Crippen LogP contribution is -2.13. The molecule has 3 N–H and O–H groups in total. The van der Waals surface area contributed by atoms with E-state index in [1.165, 1.54) is 81.8 Å². The number of carbonyl (C=O) groups is 2. The molecule has 0 atom stereocenters. The minimum absolute atomic E-state index is 0. The van der Waals surface area contributed by atoms with Crippen molar-refractivity contribution in [2.75, 3.05) is 11.1 Å². The van der Waals surface area contributed by atoms with Gasteiger partial charge >= 0.3 is 12.4 Å². The predicted octanol–water partition coefficient (Wildman–Crippen LogP) is 15.9. The van der Waals surface area contributed by atoms with Gasteiger partial charge in [-0.15, -0.1) is 22.7 Å². The van der Waals surface area contributed by atoms with Gasteiger partial charge in [0.05, 0.1) is 22.3 Å². The van der Waals surface area contributed by atoms with Crippen LogP contribution >= 0.6 is 56.9 Å². The van der Waals surface area contributed by atoms with Gasteiger partial charge in [0.15, 0.2) is 0 Å². The Morgan fingerprint density at radius 2 is 1.11 bits per heavy atom. The summed E-state index contributed by atoms with van der Waals surface area (Å²) in [5.41, 5.74) is 11.8. The summed E-state index contributed by atoms with van der Waals surface area (Å²) in [4.78, 5) is 36.9. The van der Waals surface area contributed by atoms with Gasteiger partial charge in [0.2, 0.25) is 0 Å². The molecule has 0 bridgehead atoms. The van der Waals surface area contributed by atoms with E-state index in [0.29, 0.717) is 31.3 Å². The molecule has 70 heavy (non-hydrogen) atoms. The highest BCUT2D eigenvalue weighted by molar-refractivity contribution is 7.23. The molecule has 6 heterocycles. The van der Waals surface area contributed by atoms with Crippen molar-refractivity contribution in [3.05, 3.63) is 139 Å². The molecule has 0 unspecified atom stereocenters. The Morgan fingerprint density at radius 3 is 1.59 bits per heavy atom. The Kier molecular flexibility index (Phi) is 16.2. The largest absolute Gasteiger partial charge is 0.416 e. The zero-order chi connectivity index (χ0) is 49.0. The van der Waals surface area contributed by atoms with Gasteiger partial charge in [-0.3, -0.25) is 9.59 Å². The Hall–Kier alpha value is -6.15. The van der Waals surface area contributed by atoms with Crippen molar-refractivity contribution in [1.82, 2.24) is 9.97 Å². The minimum Gasteiger partial charge on any atom is -0.389 e. The number of nitrogens with zero attached hydrogens (tertiary/aromatic N) is 4. The van der Waals surface area contributed by atoms with Crippen molar-refractivity contribution in [2.45, 2.75) is 84.0 Å². The van der Waals surface area contributed by atoms with Gasteiger partial charge in [-0.05, 0) is 127 Å². The molecule has 19 heteroatoms. The van der Waals surface area contributed by atoms with Crippen LogP contribution < -0.4 is 11.1 Å². The zero-order valence-electron chi connectivity index (χ0n) is 36.1. The molecule has 0 saturated heterocycles. The summed E-state index contributed by atoms with van der Waals surface area (Å²) in [5, 5.41) is 28.0. The summed E-state index contributed by atoms with van der Waals surface area (Å²) < 4.78 is 75.5. The smallest absolute Gasteiger partial charge is 0.389 e. The van der Waals surface area contributed by atoms with Crippen LogP contribution in [0.5, 0.6) is 0 Å². The third-order valence-corrected chi connectivity index (χ3v) is 15.5. The van der Waals surface area contributed by atoms with Crippen molar-refractivity contribution in [3.8, 4) is 33.0 Å². The summed E-state index contributed by atoms with van der Waals surface area (Å²) in [6, 6.07) is 20.9. The van der Waals surface area contributed by atoms with Crippen LogP contribution in [0, 0.1) is 22.7 Å². The van der Waals surface area contributed by atoms with Crippen LogP contribution in [0.2, 0.25) is 0 Å². The number of fused-ring (bicyclic) bond motifs is 4. The number of alkyl halides is 6. The second-order valence-corrected chi connectivity index (χ2v) is 20.3. The lowest BCUT2D eigenvalue weighted by Gasteiger charge is -2.13. The Morgan fingerprint density at radius 1 is 0.643 bits per heavy atom. The number of thiophene rings is 4. The maximum Gasteiger partial charge on any atom is 0.416 e. The van der Waals surface area contributed by atoms with E-state index in [4.69, 9.17) is 27.3 Å². The van der Waals surface area contributed by atoms with Gasteiger partial charge in [0.1, 0.15) is 31.8 Å². The average molecular weight is 1050 g/mol. The van der Waals surface area contributed by atoms with E-state index in [1.54, 1.807) is 22.7 Å². The maximum atomic E-state index is 13.1. The first-order chi connectivity index (χ1) is 33.1. The number of aryl methyl sites for hydroxylation is 2. The maximum absolute atomic E-state index is 13.1. The van der Waals surface area contributed by atoms with Crippen LogP contribution in [-0.4, -0.2) is 21.1 Å². The molecule has 0 saturated carbocycles. The molecule has 8 aromatic rings. The number of nitrogen functional groups attached to an aromatic ring is 1. The Labute approximate surface area is 420 Å². The highest BCUT2D eigenvalue weighted by atomic mass is 35.5. The summed E-state index contributed by atoms with van der Waals surface area (Å²) in [6.07, 6.45) is 1.67. The van der Waals surface area contributed by atoms with Gasteiger partial charge in [0.25, 0.3) is 11.1 Å². The fraction of sp³-hybridized carbons (Fsp3) is 0.255. The topological polar surface area (TPSA) is 146 Å². The number of carbonyl (C=O) groups excluding carboxylic acids is 2. The molecular formula is C51H41ClF6N6O2S4. The SMILES string of the molecule is C.N#Cc1c(N)sc2nc3c(c(-c4cccs4)c12)CCCCC3.N#Cc1c(NC(=O)c2cccc(C(F)(F)F)c2)sc2nc3c(c(-c4cccs4)c12)CCCCC3.O=C(Cl)c1cccc(C(F)(F)F)c1. The van der Waals surface area contributed by atoms with E-state index in [2.05, 4.69) is 35.0 Å². The van der Waals surface area contributed by atoms with Crippen LogP contribution in [0.4, 0.5) is 36.3 Å². The van der Waals surface area contributed by atoms with Crippen molar-refractivity contribution < 1.29 is 35.9 Å². The number of nitrogens with one attached hydrogen (secondary N) is 1. The molecule has 10 rings (SSSR count). The number of rotatable bonds is 5. The number of aromatic nitrogens is 2. The van der Waals surface area contributed by atoms with Gasteiger partial charge in [0, 0.05) is 54.2 Å². The summed E-state index contributed by atoms with van der Waals surface area (Å²) >= 11 is 11.0. The number of nitrogens with two attached hydrogens (primary N) is 1. The van der Waals surface area contributed by atoms with E-state index in [9.17, 15) is 46.5 Å². The molecule has 1 amide bonds. The lowest BCUT2D eigenvalue weighted by molar-refractivity contribution is -0.138. The number of anilines is 2. The summed E-state index contributed by atoms with van der Waals surface area (Å²) in [7, 11) is 0. The number of benzene rings is 2. The van der Waals surface area contributed by atoms with Crippen LogP contribution in [0.25, 0.3) is 41.3 Å². The normalized spacial score (nSPS) is 13.4. The molecule has 2 aliphatic carbocycles. The van der Waals surface area contributed by atoms with Gasteiger partial charge < -0.3 is 11.1 Å². The first-order valence-electron chi connectivity index (χ1n) is 21.5. The monoisotopic (exact) mass is 1050 g/mol.